The minimum atomic E-state index is -0.00670. The van der Waals surface area contributed by atoms with E-state index in [0.717, 1.165) is 22.0 Å². The Kier molecular flexibility index (Phi) is 5.92. The van der Waals surface area contributed by atoms with E-state index in [2.05, 4.69) is 4.98 Å². The summed E-state index contributed by atoms with van der Waals surface area (Å²) in [5.74, 6) is 1.63. The standard InChI is InChI=1S/C21H20N2O2S/c1-23-14-13-22-21(23)15-25-18-8-3-16(4-9-18)5-12-20(24)17-6-10-19(26-2)11-7-17/h3-14H,15H2,1-2H3/b12-5+. The van der Waals surface area contributed by atoms with Crippen LogP contribution < -0.4 is 4.74 Å². The van der Waals surface area contributed by atoms with E-state index in [1.165, 1.54) is 0 Å². The Morgan fingerprint density at radius 1 is 1.15 bits per heavy atom. The van der Waals surface area contributed by atoms with E-state index in [-0.39, 0.29) is 5.78 Å². The number of hydrogen-bond donors (Lipinski definition) is 0. The molecule has 2 aromatic carbocycles. The first-order chi connectivity index (χ1) is 12.7. The summed E-state index contributed by atoms with van der Waals surface area (Å²) in [5.41, 5.74) is 1.64. The average molecular weight is 364 g/mol. The van der Waals surface area contributed by atoms with Gasteiger partial charge in [0, 0.05) is 29.9 Å². The zero-order valence-corrected chi connectivity index (χ0v) is 15.6. The molecule has 4 nitrogen and oxygen atoms in total. The molecule has 0 saturated heterocycles. The van der Waals surface area contributed by atoms with Gasteiger partial charge in [-0.25, -0.2) is 4.98 Å². The second kappa shape index (κ2) is 8.54. The van der Waals surface area contributed by atoms with Crippen LogP contribution >= 0.6 is 11.8 Å². The summed E-state index contributed by atoms with van der Waals surface area (Å²) in [5, 5.41) is 0. The van der Waals surface area contributed by atoms with Gasteiger partial charge < -0.3 is 9.30 Å². The third kappa shape index (κ3) is 4.64. The van der Waals surface area contributed by atoms with Gasteiger partial charge in [-0.15, -0.1) is 11.8 Å². The number of ketones is 1. The van der Waals surface area contributed by atoms with Crippen LogP contribution in [0.15, 0.2) is 71.9 Å². The lowest BCUT2D eigenvalue weighted by Gasteiger charge is -2.06. The molecule has 0 amide bonds. The van der Waals surface area contributed by atoms with Crippen LogP contribution in [0, 0.1) is 0 Å². The molecule has 3 aromatic rings. The number of imidazole rings is 1. The Labute approximate surface area is 157 Å². The molecule has 0 radical (unpaired) electrons. The van der Waals surface area contributed by atoms with Gasteiger partial charge in [0.25, 0.3) is 0 Å². The number of aryl methyl sites for hydroxylation is 1. The van der Waals surface area contributed by atoms with Crippen molar-refractivity contribution >= 4 is 23.6 Å². The number of allylic oxidation sites excluding steroid dienone is 1. The van der Waals surface area contributed by atoms with Crippen LogP contribution in [0.2, 0.25) is 0 Å². The minimum Gasteiger partial charge on any atom is -0.486 e. The fourth-order valence-electron chi connectivity index (χ4n) is 2.38. The number of benzene rings is 2. The zero-order chi connectivity index (χ0) is 18.4. The van der Waals surface area contributed by atoms with Gasteiger partial charge in [-0.05, 0) is 54.3 Å². The summed E-state index contributed by atoms with van der Waals surface area (Å²) in [4.78, 5) is 17.6. The van der Waals surface area contributed by atoms with Crippen LogP contribution in [0.5, 0.6) is 5.75 Å². The zero-order valence-electron chi connectivity index (χ0n) is 14.8. The first-order valence-electron chi connectivity index (χ1n) is 8.21. The summed E-state index contributed by atoms with van der Waals surface area (Å²) in [6, 6.07) is 15.3. The van der Waals surface area contributed by atoms with Crippen molar-refractivity contribution in [1.29, 1.82) is 0 Å². The van der Waals surface area contributed by atoms with Crippen molar-refractivity contribution < 1.29 is 9.53 Å². The summed E-state index contributed by atoms with van der Waals surface area (Å²) < 4.78 is 7.65. The van der Waals surface area contributed by atoms with Gasteiger partial charge in [0.1, 0.15) is 18.2 Å². The molecule has 0 N–H and O–H groups in total. The Hall–Kier alpha value is -2.79. The van der Waals surface area contributed by atoms with E-state index < -0.39 is 0 Å². The molecule has 0 aliphatic heterocycles. The van der Waals surface area contributed by atoms with Crippen LogP contribution in [0.25, 0.3) is 6.08 Å². The maximum atomic E-state index is 12.2. The molecule has 1 heterocycles. The Morgan fingerprint density at radius 2 is 1.88 bits per heavy atom. The number of nitrogens with zero attached hydrogens (tertiary/aromatic N) is 2. The van der Waals surface area contributed by atoms with Crippen molar-refractivity contribution in [3.63, 3.8) is 0 Å². The molecule has 132 valence electrons. The van der Waals surface area contributed by atoms with Crippen LogP contribution in [0.1, 0.15) is 21.7 Å². The summed E-state index contributed by atoms with van der Waals surface area (Å²) in [7, 11) is 1.94. The molecule has 3 rings (SSSR count). The summed E-state index contributed by atoms with van der Waals surface area (Å²) in [6.07, 6.45) is 9.06. The predicted octanol–water partition coefficient (Wildman–Crippen LogP) is 4.62. The highest BCUT2D eigenvalue weighted by molar-refractivity contribution is 7.98. The summed E-state index contributed by atoms with van der Waals surface area (Å²) >= 11 is 1.66. The van der Waals surface area contributed by atoms with E-state index in [1.807, 2.05) is 78.7 Å². The van der Waals surface area contributed by atoms with Crippen molar-refractivity contribution in [2.75, 3.05) is 6.26 Å². The van der Waals surface area contributed by atoms with Crippen molar-refractivity contribution in [3.05, 3.63) is 84.0 Å². The van der Waals surface area contributed by atoms with Crippen LogP contribution in [-0.4, -0.2) is 21.6 Å². The van der Waals surface area contributed by atoms with E-state index >= 15 is 0 Å². The van der Waals surface area contributed by atoms with E-state index in [4.69, 9.17) is 4.74 Å². The minimum absolute atomic E-state index is 0.00670. The second-order valence-electron chi connectivity index (χ2n) is 5.74. The number of carbonyl (C=O) groups excluding carboxylic acids is 1. The monoisotopic (exact) mass is 364 g/mol. The Morgan fingerprint density at radius 3 is 2.50 bits per heavy atom. The second-order valence-corrected chi connectivity index (χ2v) is 6.62. The van der Waals surface area contributed by atoms with Crippen molar-refractivity contribution in [2.45, 2.75) is 11.5 Å². The molecule has 1 aromatic heterocycles. The maximum Gasteiger partial charge on any atom is 0.185 e. The van der Waals surface area contributed by atoms with Crippen molar-refractivity contribution in [2.24, 2.45) is 7.05 Å². The highest BCUT2D eigenvalue weighted by atomic mass is 32.2. The van der Waals surface area contributed by atoms with Gasteiger partial charge >= 0.3 is 0 Å². The van der Waals surface area contributed by atoms with Crippen LogP contribution in [0.4, 0.5) is 0 Å². The van der Waals surface area contributed by atoms with Crippen LogP contribution in [-0.2, 0) is 13.7 Å². The number of aromatic nitrogens is 2. The largest absolute Gasteiger partial charge is 0.486 e. The summed E-state index contributed by atoms with van der Waals surface area (Å²) in [6.45, 7) is 0.420. The molecule has 0 bridgehead atoms. The molecule has 0 unspecified atom stereocenters. The number of thioether (sulfide) groups is 1. The average Bonchev–Trinajstić information content (AvgIpc) is 3.10. The Bertz CT molecular complexity index is 897. The SMILES string of the molecule is CSc1ccc(C(=O)/C=C/c2ccc(OCc3nccn3C)cc2)cc1. The van der Waals surface area contributed by atoms with Gasteiger partial charge in [0.05, 0.1) is 0 Å². The highest BCUT2D eigenvalue weighted by Gasteiger charge is 2.03. The van der Waals surface area contributed by atoms with Gasteiger partial charge in [0.2, 0.25) is 0 Å². The molecule has 0 aliphatic rings. The first kappa shape index (κ1) is 18.0. The van der Waals surface area contributed by atoms with Gasteiger partial charge in [-0.1, -0.05) is 18.2 Å². The predicted molar refractivity (Wildman–Crippen MR) is 106 cm³/mol. The molecule has 0 aliphatic carbocycles. The fourth-order valence-corrected chi connectivity index (χ4v) is 2.79. The molecule has 0 saturated carbocycles. The van der Waals surface area contributed by atoms with Crippen LogP contribution in [0.3, 0.4) is 0 Å². The van der Waals surface area contributed by atoms with Gasteiger partial charge in [0.15, 0.2) is 5.78 Å². The topological polar surface area (TPSA) is 44.1 Å². The number of hydrogen-bond acceptors (Lipinski definition) is 4. The lowest BCUT2D eigenvalue weighted by atomic mass is 10.1. The maximum absolute atomic E-state index is 12.2. The molecular weight excluding hydrogens is 344 g/mol. The number of rotatable bonds is 7. The van der Waals surface area contributed by atoms with E-state index in [1.54, 1.807) is 24.0 Å². The third-order valence-corrected chi connectivity index (χ3v) is 4.71. The van der Waals surface area contributed by atoms with Crippen molar-refractivity contribution in [1.82, 2.24) is 9.55 Å². The smallest absolute Gasteiger partial charge is 0.185 e. The number of carbonyl (C=O) groups is 1. The molecule has 0 fully saturated rings. The molecule has 26 heavy (non-hydrogen) atoms. The third-order valence-electron chi connectivity index (χ3n) is 3.97. The van der Waals surface area contributed by atoms with E-state index in [9.17, 15) is 4.79 Å². The normalized spacial score (nSPS) is 11.0. The molecule has 0 atom stereocenters. The van der Waals surface area contributed by atoms with Crippen molar-refractivity contribution in [3.8, 4) is 5.75 Å². The first-order valence-corrected chi connectivity index (χ1v) is 9.44. The molecule has 0 spiro atoms. The molecular formula is C21H20N2O2S. The molecule has 5 heteroatoms. The number of ether oxygens (including phenoxy) is 1. The lowest BCUT2D eigenvalue weighted by Crippen LogP contribution is -2.02. The fraction of sp³-hybridized carbons (Fsp3) is 0.143. The highest BCUT2D eigenvalue weighted by Crippen LogP contribution is 2.17. The quantitative estimate of drug-likeness (QED) is 0.349. The van der Waals surface area contributed by atoms with Gasteiger partial charge in [-0.3, -0.25) is 4.79 Å². The Balaban J connectivity index is 1.58. The van der Waals surface area contributed by atoms with E-state index in [0.29, 0.717) is 12.2 Å². The lowest BCUT2D eigenvalue weighted by molar-refractivity contribution is 0.104. The van der Waals surface area contributed by atoms with Gasteiger partial charge in [-0.2, -0.15) is 0 Å².